The van der Waals surface area contributed by atoms with Gasteiger partial charge in [-0.05, 0) is 49.6 Å². The molecular formula is C27H24F4N8O2. The van der Waals surface area contributed by atoms with E-state index in [1.807, 2.05) is 4.90 Å². The first kappa shape index (κ1) is 26.5. The van der Waals surface area contributed by atoms with Gasteiger partial charge in [0, 0.05) is 49.4 Å². The molecule has 3 aromatic heterocycles. The number of nitrogens with one attached hydrogen (secondary N) is 2. The fraction of sp³-hybridized carbons (Fsp3) is 0.296. The van der Waals surface area contributed by atoms with E-state index in [1.165, 1.54) is 18.3 Å². The number of fused-ring (bicyclic) bond motifs is 1. The van der Waals surface area contributed by atoms with Crippen molar-refractivity contribution in [1.82, 2.24) is 24.7 Å². The van der Waals surface area contributed by atoms with Crippen molar-refractivity contribution in [1.29, 1.82) is 0 Å². The summed E-state index contributed by atoms with van der Waals surface area (Å²) in [5.74, 6) is -1.22. The summed E-state index contributed by atoms with van der Waals surface area (Å²) in [5.41, 5.74) is 5.36. The molecule has 0 bridgehead atoms. The number of amides is 2. The lowest BCUT2D eigenvalue weighted by atomic mass is 9.77. The van der Waals surface area contributed by atoms with Crippen LogP contribution in [0.4, 0.5) is 35.1 Å². The quantitative estimate of drug-likeness (QED) is 0.319. The summed E-state index contributed by atoms with van der Waals surface area (Å²) in [6.45, 7) is 1.81. The number of rotatable bonds is 4. The Kier molecular flexibility index (Phi) is 6.27. The van der Waals surface area contributed by atoms with E-state index < -0.39 is 23.5 Å². The number of hydrogen-bond donors (Lipinski definition) is 3. The SMILES string of the molecule is Nc1nccn2c(N3CCC4(CCNC4=O)CC3)nc(-c3ccc(C(=O)Nc4cc(C(F)(F)F)ccn4)cc3F)c12. The molecule has 10 nitrogen and oxygen atoms in total. The highest BCUT2D eigenvalue weighted by Gasteiger charge is 2.45. The second kappa shape index (κ2) is 9.71. The van der Waals surface area contributed by atoms with Gasteiger partial charge in [-0.2, -0.15) is 13.2 Å². The van der Waals surface area contributed by atoms with Gasteiger partial charge in [0.2, 0.25) is 11.9 Å². The molecule has 2 fully saturated rings. The van der Waals surface area contributed by atoms with Gasteiger partial charge in [-0.25, -0.2) is 19.3 Å². The zero-order valence-electron chi connectivity index (χ0n) is 21.5. The molecule has 5 heterocycles. The molecule has 1 aromatic carbocycles. The molecule has 6 rings (SSSR count). The van der Waals surface area contributed by atoms with Crippen LogP contribution in [-0.2, 0) is 11.0 Å². The van der Waals surface area contributed by atoms with Gasteiger partial charge in [-0.1, -0.05) is 0 Å². The van der Waals surface area contributed by atoms with E-state index in [2.05, 4.69) is 20.6 Å². The third kappa shape index (κ3) is 4.68. The van der Waals surface area contributed by atoms with E-state index in [-0.39, 0.29) is 39.8 Å². The molecule has 4 aromatic rings. The summed E-state index contributed by atoms with van der Waals surface area (Å²) in [6, 6.07) is 5.14. The number of carbonyl (C=O) groups is 2. The molecule has 0 unspecified atom stereocenters. The van der Waals surface area contributed by atoms with Crippen molar-refractivity contribution in [3.8, 4) is 11.3 Å². The minimum absolute atomic E-state index is 0.0610. The van der Waals surface area contributed by atoms with Gasteiger partial charge in [0.05, 0.1) is 11.0 Å². The third-order valence-electron chi connectivity index (χ3n) is 7.75. The molecule has 2 saturated heterocycles. The lowest BCUT2D eigenvalue weighted by Gasteiger charge is -2.37. The van der Waals surface area contributed by atoms with Crippen LogP contribution >= 0.6 is 0 Å². The Morgan fingerprint density at radius 3 is 2.54 bits per heavy atom. The summed E-state index contributed by atoms with van der Waals surface area (Å²) in [5, 5.41) is 5.18. The van der Waals surface area contributed by atoms with E-state index in [4.69, 9.17) is 10.7 Å². The zero-order chi connectivity index (χ0) is 28.9. The summed E-state index contributed by atoms with van der Waals surface area (Å²) in [4.78, 5) is 39.7. The first-order chi connectivity index (χ1) is 19.6. The number of nitrogens with two attached hydrogens (primary N) is 1. The van der Waals surface area contributed by atoms with Crippen LogP contribution in [0.25, 0.3) is 16.8 Å². The van der Waals surface area contributed by atoms with Crippen LogP contribution in [0.3, 0.4) is 0 Å². The molecule has 41 heavy (non-hydrogen) atoms. The number of nitrogen functional groups attached to an aromatic ring is 1. The van der Waals surface area contributed by atoms with Crippen molar-refractivity contribution in [2.24, 2.45) is 5.41 Å². The number of benzene rings is 1. The smallest absolute Gasteiger partial charge is 0.382 e. The number of carbonyl (C=O) groups excluding carboxylic acids is 2. The standard InChI is InChI=1S/C27H24F4N8O2/c28-18-13-15(23(40)36-19-14-16(3-7-33-19)27(29,30)31)1-2-17(18)20-21-22(32)34-9-12-39(21)25(37-20)38-10-5-26(6-11-38)4-8-35-24(26)41/h1-3,7,9,12-14H,4-6,8,10-11H2,(H2,32,34)(H,35,41)(H,33,36,40). The molecular weight excluding hydrogens is 544 g/mol. The third-order valence-corrected chi connectivity index (χ3v) is 7.75. The molecule has 0 aliphatic carbocycles. The lowest BCUT2D eigenvalue weighted by molar-refractivity contribution is -0.137. The largest absolute Gasteiger partial charge is 0.416 e. The van der Waals surface area contributed by atoms with Crippen molar-refractivity contribution in [2.45, 2.75) is 25.4 Å². The predicted molar refractivity (Wildman–Crippen MR) is 141 cm³/mol. The van der Waals surface area contributed by atoms with Crippen LogP contribution in [-0.4, -0.2) is 50.8 Å². The summed E-state index contributed by atoms with van der Waals surface area (Å²) in [7, 11) is 0. The fourth-order valence-electron chi connectivity index (χ4n) is 5.50. The fourth-order valence-corrected chi connectivity index (χ4v) is 5.50. The Labute approximate surface area is 230 Å². The average molecular weight is 569 g/mol. The van der Waals surface area contributed by atoms with Crippen molar-refractivity contribution in [3.05, 3.63) is 65.9 Å². The van der Waals surface area contributed by atoms with Gasteiger partial charge in [0.1, 0.15) is 28.7 Å². The monoisotopic (exact) mass is 568 g/mol. The maximum atomic E-state index is 15.5. The maximum absolute atomic E-state index is 15.5. The van der Waals surface area contributed by atoms with E-state index in [1.54, 1.807) is 10.6 Å². The number of alkyl halides is 3. The number of hydrogen-bond acceptors (Lipinski definition) is 7. The predicted octanol–water partition coefficient (Wildman–Crippen LogP) is 3.89. The van der Waals surface area contributed by atoms with Crippen LogP contribution in [0.15, 0.2) is 48.9 Å². The van der Waals surface area contributed by atoms with Gasteiger partial charge in [-0.15, -0.1) is 0 Å². The van der Waals surface area contributed by atoms with Gasteiger partial charge in [0.15, 0.2) is 0 Å². The molecule has 2 amide bonds. The number of nitrogens with zero attached hydrogens (tertiary/aromatic N) is 5. The van der Waals surface area contributed by atoms with E-state index in [0.717, 1.165) is 24.8 Å². The Morgan fingerprint density at radius 1 is 1.07 bits per heavy atom. The minimum atomic E-state index is -4.61. The molecule has 2 aliphatic rings. The first-order valence-electron chi connectivity index (χ1n) is 12.9. The van der Waals surface area contributed by atoms with E-state index >= 15 is 4.39 Å². The van der Waals surface area contributed by atoms with Gasteiger partial charge in [-0.3, -0.25) is 14.0 Å². The normalized spacial score (nSPS) is 16.8. The highest BCUT2D eigenvalue weighted by atomic mass is 19.4. The Bertz CT molecular complexity index is 1680. The van der Waals surface area contributed by atoms with Crippen molar-refractivity contribution in [3.63, 3.8) is 0 Å². The van der Waals surface area contributed by atoms with Gasteiger partial charge >= 0.3 is 6.18 Å². The molecule has 0 saturated carbocycles. The molecule has 212 valence electrons. The molecule has 14 heteroatoms. The van der Waals surface area contributed by atoms with Crippen LogP contribution in [0.5, 0.6) is 0 Å². The second-order valence-corrected chi connectivity index (χ2v) is 10.1. The highest BCUT2D eigenvalue weighted by molar-refractivity contribution is 6.04. The molecule has 4 N–H and O–H groups in total. The van der Waals surface area contributed by atoms with E-state index in [0.29, 0.717) is 50.0 Å². The van der Waals surface area contributed by atoms with Gasteiger partial charge < -0.3 is 21.3 Å². The zero-order valence-corrected chi connectivity index (χ0v) is 21.5. The molecule has 0 radical (unpaired) electrons. The Balaban J connectivity index is 1.29. The van der Waals surface area contributed by atoms with Crippen LogP contribution in [0.1, 0.15) is 35.2 Å². The Hall–Kier alpha value is -4.75. The summed E-state index contributed by atoms with van der Waals surface area (Å²) in [6.07, 6.45) is 1.60. The number of anilines is 3. The summed E-state index contributed by atoms with van der Waals surface area (Å²) < 4.78 is 56.2. The number of halogens is 4. The second-order valence-electron chi connectivity index (χ2n) is 10.1. The van der Waals surface area contributed by atoms with Crippen LogP contribution in [0.2, 0.25) is 0 Å². The van der Waals surface area contributed by atoms with E-state index in [9.17, 15) is 22.8 Å². The molecule has 2 aliphatic heterocycles. The number of aromatic nitrogens is 4. The van der Waals surface area contributed by atoms with Crippen molar-refractivity contribution < 1.29 is 27.2 Å². The van der Waals surface area contributed by atoms with Crippen LogP contribution in [0, 0.1) is 11.2 Å². The minimum Gasteiger partial charge on any atom is -0.382 e. The summed E-state index contributed by atoms with van der Waals surface area (Å²) >= 11 is 0. The number of pyridine rings is 1. The number of imidazole rings is 1. The lowest BCUT2D eigenvalue weighted by Crippen LogP contribution is -2.44. The van der Waals surface area contributed by atoms with Crippen LogP contribution < -0.4 is 21.3 Å². The van der Waals surface area contributed by atoms with Gasteiger partial charge in [0.25, 0.3) is 5.91 Å². The maximum Gasteiger partial charge on any atom is 0.416 e. The Morgan fingerprint density at radius 2 is 1.85 bits per heavy atom. The molecule has 1 spiro atoms. The molecule has 0 atom stereocenters. The van der Waals surface area contributed by atoms with Crippen molar-refractivity contribution >= 4 is 34.9 Å². The van der Waals surface area contributed by atoms with Crippen molar-refractivity contribution in [2.75, 3.05) is 35.6 Å². The average Bonchev–Trinajstić information content (AvgIpc) is 3.50. The highest BCUT2D eigenvalue weighted by Crippen LogP contribution is 2.40. The topological polar surface area (TPSA) is 131 Å². The first-order valence-corrected chi connectivity index (χ1v) is 12.9. The number of piperidine rings is 1.